The van der Waals surface area contributed by atoms with Gasteiger partial charge in [-0.3, -0.25) is 0 Å². The van der Waals surface area contributed by atoms with Gasteiger partial charge in [0.2, 0.25) is 0 Å². The predicted molar refractivity (Wildman–Crippen MR) is 79.8 cm³/mol. The molecule has 0 atom stereocenters. The van der Waals surface area contributed by atoms with Crippen LogP contribution in [0.4, 0.5) is 13.2 Å². The summed E-state index contributed by atoms with van der Waals surface area (Å²) in [6.07, 6.45) is -4.40. The molecule has 0 saturated heterocycles. The fraction of sp³-hybridized carbons (Fsp3) is 0.0556. The Morgan fingerprint density at radius 2 is 1.67 bits per heavy atom. The molecule has 3 aromatic rings. The highest BCUT2D eigenvalue weighted by molar-refractivity contribution is 5.95. The van der Waals surface area contributed by atoms with Crippen LogP contribution < -0.4 is 9.84 Å². The number of hydrogen-bond donors (Lipinski definition) is 0. The van der Waals surface area contributed by atoms with E-state index in [0.29, 0.717) is 16.5 Å². The number of halogens is 3. The van der Waals surface area contributed by atoms with Crippen LogP contribution in [0.25, 0.3) is 10.8 Å². The molecule has 0 fully saturated rings. The van der Waals surface area contributed by atoms with Crippen LogP contribution in [0.1, 0.15) is 15.9 Å². The summed E-state index contributed by atoms with van der Waals surface area (Å²) < 4.78 is 43.3. The lowest BCUT2D eigenvalue weighted by Gasteiger charge is -2.12. The number of rotatable bonds is 3. The zero-order chi connectivity index (χ0) is 17.3. The van der Waals surface area contributed by atoms with Crippen molar-refractivity contribution in [3.05, 3.63) is 71.8 Å². The lowest BCUT2D eigenvalue weighted by molar-refractivity contribution is -0.255. The van der Waals surface area contributed by atoms with Crippen LogP contribution in [0.3, 0.4) is 0 Å². The van der Waals surface area contributed by atoms with Gasteiger partial charge < -0.3 is 14.6 Å². The molecule has 0 radical (unpaired) electrons. The second kappa shape index (κ2) is 5.88. The van der Waals surface area contributed by atoms with Gasteiger partial charge in [0.15, 0.2) is 0 Å². The van der Waals surface area contributed by atoms with E-state index in [0.717, 1.165) is 12.1 Å². The van der Waals surface area contributed by atoms with Crippen molar-refractivity contribution in [3.8, 4) is 11.5 Å². The number of hydrogen-bond acceptors (Lipinski definition) is 3. The molecule has 3 rings (SSSR count). The third-order valence-corrected chi connectivity index (χ3v) is 3.49. The van der Waals surface area contributed by atoms with Crippen LogP contribution in [0.5, 0.6) is 11.5 Å². The normalized spacial score (nSPS) is 11.5. The molecule has 0 amide bonds. The van der Waals surface area contributed by atoms with Crippen molar-refractivity contribution >= 4 is 16.7 Å². The number of carbonyl (C=O) groups excluding carboxylic acids is 1. The Labute approximate surface area is 134 Å². The number of aromatic carboxylic acids is 1. The summed E-state index contributed by atoms with van der Waals surface area (Å²) in [5.41, 5.74) is -0.722. The number of ether oxygens (including phenoxy) is 1. The number of carbonyl (C=O) groups is 1. The van der Waals surface area contributed by atoms with Crippen molar-refractivity contribution in [2.45, 2.75) is 6.18 Å². The molecule has 0 aliphatic heterocycles. The van der Waals surface area contributed by atoms with Crippen LogP contribution in [0.2, 0.25) is 0 Å². The van der Waals surface area contributed by atoms with E-state index in [1.165, 1.54) is 24.3 Å². The summed E-state index contributed by atoms with van der Waals surface area (Å²) in [6, 6.07) is 13.8. The first-order valence-electron chi connectivity index (χ1n) is 6.94. The Morgan fingerprint density at radius 1 is 0.958 bits per heavy atom. The smallest absolute Gasteiger partial charge is 0.416 e. The number of fused-ring (bicyclic) bond motifs is 1. The van der Waals surface area contributed by atoms with E-state index >= 15 is 0 Å². The Kier molecular flexibility index (Phi) is 3.89. The molecular weight excluding hydrogens is 321 g/mol. The van der Waals surface area contributed by atoms with E-state index in [-0.39, 0.29) is 11.3 Å². The van der Waals surface area contributed by atoms with Gasteiger partial charge in [0, 0.05) is 5.39 Å². The van der Waals surface area contributed by atoms with Gasteiger partial charge in [-0.1, -0.05) is 18.2 Å². The molecule has 0 bridgehead atoms. The minimum absolute atomic E-state index is 0.0363. The van der Waals surface area contributed by atoms with Gasteiger partial charge in [-0.2, -0.15) is 13.2 Å². The van der Waals surface area contributed by atoms with Crippen LogP contribution in [-0.4, -0.2) is 5.97 Å². The summed E-state index contributed by atoms with van der Waals surface area (Å²) in [6.45, 7) is 0. The maximum atomic E-state index is 12.6. The first-order chi connectivity index (χ1) is 11.3. The highest BCUT2D eigenvalue weighted by Gasteiger charge is 2.30. The van der Waals surface area contributed by atoms with Crippen molar-refractivity contribution in [2.24, 2.45) is 0 Å². The first kappa shape index (κ1) is 15.9. The highest BCUT2D eigenvalue weighted by atomic mass is 19.4. The fourth-order valence-corrected chi connectivity index (χ4v) is 2.31. The Morgan fingerprint density at radius 3 is 2.29 bits per heavy atom. The molecule has 0 N–H and O–H groups in total. The summed E-state index contributed by atoms with van der Waals surface area (Å²) in [7, 11) is 0. The van der Waals surface area contributed by atoms with Crippen LogP contribution in [0, 0.1) is 0 Å². The summed E-state index contributed by atoms with van der Waals surface area (Å²) >= 11 is 0. The number of alkyl halides is 3. The van der Waals surface area contributed by atoms with E-state index in [4.69, 9.17) is 4.74 Å². The van der Waals surface area contributed by atoms with Crippen molar-refractivity contribution in [2.75, 3.05) is 0 Å². The molecule has 0 spiro atoms. The number of benzene rings is 3. The maximum Gasteiger partial charge on any atom is 0.416 e. The van der Waals surface area contributed by atoms with Gasteiger partial charge in [0.1, 0.15) is 11.5 Å². The van der Waals surface area contributed by atoms with E-state index < -0.39 is 17.7 Å². The average molecular weight is 331 g/mol. The van der Waals surface area contributed by atoms with Gasteiger partial charge in [-0.05, 0) is 53.4 Å². The third-order valence-electron chi connectivity index (χ3n) is 3.49. The molecule has 6 heteroatoms. The first-order valence-corrected chi connectivity index (χ1v) is 6.94. The van der Waals surface area contributed by atoms with Crippen LogP contribution >= 0.6 is 0 Å². The van der Waals surface area contributed by atoms with Gasteiger partial charge in [-0.25, -0.2) is 0 Å². The average Bonchev–Trinajstić information content (AvgIpc) is 2.54. The monoisotopic (exact) mass is 331 g/mol. The zero-order valence-electron chi connectivity index (χ0n) is 12.1. The van der Waals surface area contributed by atoms with Crippen LogP contribution in [-0.2, 0) is 6.18 Å². The van der Waals surface area contributed by atoms with Gasteiger partial charge in [0.05, 0.1) is 11.5 Å². The lowest BCUT2D eigenvalue weighted by Crippen LogP contribution is -2.21. The second-order valence-electron chi connectivity index (χ2n) is 5.10. The maximum absolute atomic E-state index is 12.6. The Balaban J connectivity index is 1.94. The minimum atomic E-state index is -4.40. The summed E-state index contributed by atoms with van der Waals surface area (Å²) in [4.78, 5) is 10.9. The van der Waals surface area contributed by atoms with E-state index in [2.05, 4.69) is 0 Å². The lowest BCUT2D eigenvalue weighted by atomic mass is 10.1. The largest absolute Gasteiger partial charge is 0.545 e. The Hall–Kier alpha value is -3.02. The molecular formula is C18H10F3O3-. The summed E-state index contributed by atoms with van der Waals surface area (Å²) in [5, 5.41) is 12.2. The molecule has 0 aromatic heterocycles. The second-order valence-corrected chi connectivity index (χ2v) is 5.10. The van der Waals surface area contributed by atoms with E-state index in [1.54, 1.807) is 24.3 Å². The Bertz CT molecular complexity index is 900. The van der Waals surface area contributed by atoms with Gasteiger partial charge in [0.25, 0.3) is 0 Å². The van der Waals surface area contributed by atoms with Crippen molar-refractivity contribution < 1.29 is 27.8 Å². The van der Waals surface area contributed by atoms with Crippen molar-refractivity contribution in [1.29, 1.82) is 0 Å². The SMILES string of the molecule is O=C([O-])c1ccc2c(Oc3ccc(C(F)(F)F)cc3)cccc2c1. The standard InChI is InChI=1S/C18H11F3O3/c19-18(20,21)13-5-7-14(8-6-13)24-16-3-1-2-11-10-12(17(22)23)4-9-15(11)16/h1-10H,(H,22,23)/p-1. The third kappa shape index (κ3) is 3.17. The minimum Gasteiger partial charge on any atom is -0.545 e. The van der Waals surface area contributed by atoms with Crippen molar-refractivity contribution in [3.63, 3.8) is 0 Å². The molecule has 122 valence electrons. The molecule has 0 aliphatic rings. The highest BCUT2D eigenvalue weighted by Crippen LogP contribution is 2.33. The van der Waals surface area contributed by atoms with E-state index in [1.807, 2.05) is 0 Å². The molecule has 0 saturated carbocycles. The molecule has 0 aliphatic carbocycles. The van der Waals surface area contributed by atoms with Gasteiger partial charge in [-0.15, -0.1) is 0 Å². The quantitative estimate of drug-likeness (QED) is 0.728. The van der Waals surface area contributed by atoms with Gasteiger partial charge >= 0.3 is 6.18 Å². The molecule has 0 unspecified atom stereocenters. The molecule has 3 aromatic carbocycles. The molecule has 0 heterocycles. The summed E-state index contributed by atoms with van der Waals surface area (Å²) in [5.74, 6) is -0.623. The predicted octanol–water partition coefficient (Wildman–Crippen LogP) is 4.01. The zero-order valence-corrected chi connectivity index (χ0v) is 12.1. The number of carboxylic acids is 1. The van der Waals surface area contributed by atoms with E-state index in [9.17, 15) is 23.1 Å². The fourth-order valence-electron chi connectivity index (χ4n) is 2.31. The van der Waals surface area contributed by atoms with Crippen LogP contribution in [0.15, 0.2) is 60.7 Å². The molecule has 3 nitrogen and oxygen atoms in total. The number of carboxylic acid groups (broad SMARTS) is 1. The topological polar surface area (TPSA) is 49.4 Å². The molecule has 24 heavy (non-hydrogen) atoms. The van der Waals surface area contributed by atoms with Crippen molar-refractivity contribution in [1.82, 2.24) is 0 Å².